The van der Waals surface area contributed by atoms with Crippen molar-refractivity contribution >= 4 is 17.2 Å². The van der Waals surface area contributed by atoms with Crippen LogP contribution in [0.2, 0.25) is 0 Å². The van der Waals surface area contributed by atoms with Crippen molar-refractivity contribution in [2.24, 2.45) is 11.7 Å². The molecule has 90 valence electrons. The molecular formula is C10H17N3O2S. The van der Waals surface area contributed by atoms with E-state index in [1.807, 2.05) is 13.8 Å². The Labute approximate surface area is 99.0 Å². The lowest BCUT2D eigenvalue weighted by atomic mass is 10.2. The summed E-state index contributed by atoms with van der Waals surface area (Å²) in [5.74, 6) is 0.0729. The predicted octanol–water partition coefficient (Wildman–Crippen LogP) is 0.962. The third-order valence-corrected chi connectivity index (χ3v) is 2.63. The molecule has 16 heavy (non-hydrogen) atoms. The maximum atomic E-state index is 11.5. The third-order valence-electron chi connectivity index (χ3n) is 1.72. The largest absolute Gasteiger partial charge is 0.330 e. The molecule has 0 radical (unpaired) electrons. The zero-order valence-electron chi connectivity index (χ0n) is 9.53. The van der Waals surface area contributed by atoms with Crippen LogP contribution in [-0.4, -0.2) is 24.0 Å². The van der Waals surface area contributed by atoms with Crippen molar-refractivity contribution in [3.05, 3.63) is 16.1 Å². The molecule has 3 N–H and O–H groups in total. The van der Waals surface area contributed by atoms with Gasteiger partial charge >= 0.3 is 0 Å². The number of rotatable bonds is 6. The highest BCUT2D eigenvalue weighted by Crippen LogP contribution is 2.09. The van der Waals surface area contributed by atoms with Crippen LogP contribution < -0.4 is 11.2 Å². The molecule has 1 amide bonds. The average Bonchev–Trinajstić information content (AvgIpc) is 2.66. The van der Waals surface area contributed by atoms with Gasteiger partial charge in [0.2, 0.25) is 0 Å². The van der Waals surface area contributed by atoms with Crippen LogP contribution >= 0.6 is 11.3 Å². The highest BCUT2D eigenvalue weighted by molar-refractivity contribution is 7.09. The Morgan fingerprint density at radius 1 is 1.69 bits per heavy atom. The number of nitrogens with one attached hydrogen (secondary N) is 1. The van der Waals surface area contributed by atoms with Crippen LogP contribution in [0.3, 0.4) is 0 Å². The summed E-state index contributed by atoms with van der Waals surface area (Å²) in [6, 6.07) is 0. The number of nitrogens with zero attached hydrogens (tertiary/aromatic N) is 1. The standard InChI is InChI=1S/C10H17N3O2S/c1-7(2)5-15-13-10(14)8-6-16-9(12-8)3-4-11/h6-7H,3-5,11H2,1-2H3,(H,13,14). The summed E-state index contributed by atoms with van der Waals surface area (Å²) in [5.41, 5.74) is 8.15. The van der Waals surface area contributed by atoms with Crippen LogP contribution in [0.25, 0.3) is 0 Å². The van der Waals surface area contributed by atoms with Gasteiger partial charge in [-0.15, -0.1) is 11.3 Å². The molecule has 0 atom stereocenters. The maximum absolute atomic E-state index is 11.5. The molecule has 0 aliphatic heterocycles. The van der Waals surface area contributed by atoms with E-state index in [9.17, 15) is 4.79 Å². The first kappa shape index (κ1) is 13.1. The summed E-state index contributed by atoms with van der Waals surface area (Å²) < 4.78 is 0. The van der Waals surface area contributed by atoms with Crippen LogP contribution in [-0.2, 0) is 11.3 Å². The van der Waals surface area contributed by atoms with Gasteiger partial charge in [0.15, 0.2) is 0 Å². The SMILES string of the molecule is CC(C)CONC(=O)c1csc(CCN)n1. The molecule has 1 aromatic heterocycles. The quantitative estimate of drug-likeness (QED) is 0.730. The number of hydroxylamine groups is 1. The molecule has 0 aliphatic rings. The number of carbonyl (C=O) groups is 1. The number of thiazole rings is 1. The third kappa shape index (κ3) is 4.26. The first-order chi connectivity index (χ1) is 7.63. The molecule has 1 rings (SSSR count). The van der Waals surface area contributed by atoms with Gasteiger partial charge in [0.05, 0.1) is 11.6 Å². The van der Waals surface area contributed by atoms with Crippen LogP contribution in [0.15, 0.2) is 5.38 Å². The lowest BCUT2D eigenvalue weighted by molar-refractivity contribution is 0.0205. The fourth-order valence-corrected chi connectivity index (χ4v) is 1.77. The minimum absolute atomic E-state index is 0.305. The monoisotopic (exact) mass is 243 g/mol. The molecular weight excluding hydrogens is 226 g/mol. The number of aromatic nitrogens is 1. The van der Waals surface area contributed by atoms with E-state index < -0.39 is 0 Å². The first-order valence-corrected chi connectivity index (χ1v) is 6.08. The van der Waals surface area contributed by atoms with Gasteiger partial charge in [0, 0.05) is 11.8 Å². The van der Waals surface area contributed by atoms with Gasteiger partial charge in [0.25, 0.3) is 5.91 Å². The Balaban J connectivity index is 2.40. The molecule has 0 spiro atoms. The van der Waals surface area contributed by atoms with Crippen molar-refractivity contribution in [2.45, 2.75) is 20.3 Å². The van der Waals surface area contributed by atoms with Crippen molar-refractivity contribution < 1.29 is 9.63 Å². The first-order valence-electron chi connectivity index (χ1n) is 5.20. The second-order valence-corrected chi connectivity index (χ2v) is 4.74. The highest BCUT2D eigenvalue weighted by atomic mass is 32.1. The summed E-state index contributed by atoms with van der Waals surface area (Å²) in [4.78, 5) is 20.7. The van der Waals surface area contributed by atoms with Crippen molar-refractivity contribution in [3.8, 4) is 0 Å². The predicted molar refractivity (Wildman–Crippen MR) is 63.1 cm³/mol. The summed E-state index contributed by atoms with van der Waals surface area (Å²) >= 11 is 1.43. The zero-order valence-corrected chi connectivity index (χ0v) is 10.3. The lowest BCUT2D eigenvalue weighted by Gasteiger charge is -2.05. The molecule has 6 heteroatoms. The van der Waals surface area contributed by atoms with Crippen LogP contribution in [0.5, 0.6) is 0 Å². The van der Waals surface area contributed by atoms with Gasteiger partial charge in [-0.25, -0.2) is 10.5 Å². The lowest BCUT2D eigenvalue weighted by Crippen LogP contribution is -2.25. The van der Waals surface area contributed by atoms with E-state index in [-0.39, 0.29) is 5.91 Å². The number of carbonyl (C=O) groups excluding carboxylic acids is 1. The zero-order chi connectivity index (χ0) is 12.0. The molecule has 0 aliphatic carbocycles. The fourth-order valence-electron chi connectivity index (χ4n) is 0.980. The van der Waals surface area contributed by atoms with Gasteiger partial charge in [-0.05, 0) is 12.5 Å². The number of hydrogen-bond acceptors (Lipinski definition) is 5. The van der Waals surface area contributed by atoms with E-state index in [4.69, 9.17) is 10.6 Å². The summed E-state index contributed by atoms with van der Waals surface area (Å²) in [7, 11) is 0. The van der Waals surface area contributed by atoms with Crippen LogP contribution in [0.4, 0.5) is 0 Å². The minimum Gasteiger partial charge on any atom is -0.330 e. The topological polar surface area (TPSA) is 77.2 Å². The van der Waals surface area contributed by atoms with Crippen LogP contribution in [0, 0.1) is 5.92 Å². The van der Waals surface area contributed by atoms with E-state index in [1.165, 1.54) is 11.3 Å². The van der Waals surface area contributed by atoms with Crippen molar-refractivity contribution in [3.63, 3.8) is 0 Å². The Morgan fingerprint density at radius 3 is 3.06 bits per heavy atom. The van der Waals surface area contributed by atoms with E-state index in [2.05, 4.69) is 10.5 Å². The summed E-state index contributed by atoms with van der Waals surface area (Å²) in [6.45, 7) is 5.05. The van der Waals surface area contributed by atoms with Crippen molar-refractivity contribution in [1.29, 1.82) is 0 Å². The molecule has 0 unspecified atom stereocenters. The Morgan fingerprint density at radius 2 is 2.44 bits per heavy atom. The minimum atomic E-state index is -0.305. The van der Waals surface area contributed by atoms with E-state index in [1.54, 1.807) is 5.38 Å². The van der Waals surface area contributed by atoms with Gasteiger partial charge in [0.1, 0.15) is 5.69 Å². The molecule has 1 heterocycles. The second-order valence-electron chi connectivity index (χ2n) is 3.80. The average molecular weight is 243 g/mol. The highest BCUT2D eigenvalue weighted by Gasteiger charge is 2.10. The Bertz CT molecular complexity index is 339. The van der Waals surface area contributed by atoms with Gasteiger partial charge in [-0.2, -0.15) is 0 Å². The Hall–Kier alpha value is -0.980. The summed E-state index contributed by atoms with van der Waals surface area (Å²) in [5, 5.41) is 2.58. The van der Waals surface area contributed by atoms with Gasteiger partial charge in [-0.3, -0.25) is 9.63 Å². The van der Waals surface area contributed by atoms with Gasteiger partial charge in [-0.1, -0.05) is 13.8 Å². The normalized spacial score (nSPS) is 10.8. The molecule has 0 fully saturated rings. The van der Waals surface area contributed by atoms with Gasteiger partial charge < -0.3 is 5.73 Å². The Kier molecular flexibility index (Phi) is 5.37. The summed E-state index contributed by atoms with van der Waals surface area (Å²) in [6.07, 6.45) is 0.699. The van der Waals surface area contributed by atoms with Crippen molar-refractivity contribution in [1.82, 2.24) is 10.5 Å². The maximum Gasteiger partial charge on any atom is 0.294 e. The molecule has 1 aromatic rings. The molecule has 5 nitrogen and oxygen atoms in total. The molecule has 0 saturated carbocycles. The van der Waals surface area contributed by atoms with E-state index >= 15 is 0 Å². The van der Waals surface area contributed by atoms with E-state index in [0.717, 1.165) is 5.01 Å². The number of hydrogen-bond donors (Lipinski definition) is 2. The second kappa shape index (κ2) is 6.57. The van der Waals surface area contributed by atoms with Crippen molar-refractivity contribution in [2.75, 3.05) is 13.2 Å². The number of nitrogens with two attached hydrogens (primary N) is 1. The fraction of sp³-hybridized carbons (Fsp3) is 0.600. The van der Waals surface area contributed by atoms with E-state index in [0.29, 0.717) is 31.2 Å². The number of amides is 1. The van der Waals surface area contributed by atoms with Crippen LogP contribution in [0.1, 0.15) is 29.3 Å². The smallest absolute Gasteiger partial charge is 0.294 e. The molecule has 0 aromatic carbocycles. The molecule has 0 bridgehead atoms. The molecule has 0 saturated heterocycles.